The van der Waals surface area contributed by atoms with Crippen LogP contribution in [0.4, 0.5) is 5.69 Å². The van der Waals surface area contributed by atoms with Crippen molar-refractivity contribution in [2.45, 2.75) is 19.3 Å². The van der Waals surface area contributed by atoms with Gasteiger partial charge >= 0.3 is 0 Å². The summed E-state index contributed by atoms with van der Waals surface area (Å²) in [5.41, 5.74) is 3.24. The van der Waals surface area contributed by atoms with Crippen LogP contribution in [0.2, 0.25) is 0 Å². The van der Waals surface area contributed by atoms with Crippen molar-refractivity contribution in [3.8, 4) is 0 Å². The topological polar surface area (TPSA) is 29.1 Å². The van der Waals surface area contributed by atoms with Gasteiger partial charge in [0.1, 0.15) is 0 Å². The molecule has 0 unspecified atom stereocenters. The lowest BCUT2D eigenvalue weighted by atomic mass is 9.98. The molecule has 1 N–H and O–H groups in total. The van der Waals surface area contributed by atoms with Gasteiger partial charge in [-0.1, -0.05) is 6.08 Å². The van der Waals surface area contributed by atoms with E-state index in [-0.39, 0.29) is 5.78 Å². The van der Waals surface area contributed by atoms with Crippen LogP contribution >= 0.6 is 0 Å². The van der Waals surface area contributed by atoms with Gasteiger partial charge < -0.3 is 5.32 Å². The maximum Gasteiger partial charge on any atom is 0.166 e. The number of fused-ring (bicyclic) bond motifs is 1. The smallest absolute Gasteiger partial charge is 0.166 e. The number of rotatable bonds is 3. The lowest BCUT2D eigenvalue weighted by molar-refractivity contribution is 0.0996. The van der Waals surface area contributed by atoms with Crippen LogP contribution in [0.1, 0.15) is 28.8 Å². The van der Waals surface area contributed by atoms with E-state index in [1.165, 1.54) is 11.3 Å². The van der Waals surface area contributed by atoms with E-state index in [1.807, 2.05) is 18.2 Å². The van der Waals surface area contributed by atoms with Crippen LogP contribution < -0.4 is 5.32 Å². The first-order valence-electron chi connectivity index (χ1n) is 5.32. The minimum atomic E-state index is 0.151. The Morgan fingerprint density at radius 3 is 3.20 bits per heavy atom. The van der Waals surface area contributed by atoms with Crippen LogP contribution in [0.25, 0.3) is 0 Å². The zero-order valence-electron chi connectivity index (χ0n) is 8.75. The van der Waals surface area contributed by atoms with Crippen molar-refractivity contribution < 1.29 is 4.79 Å². The first kappa shape index (κ1) is 9.97. The average molecular weight is 201 g/mol. The first-order chi connectivity index (χ1) is 7.31. The SMILES string of the molecule is C=CCC(=O)c1ccc2c(c1)CCCN2. The minimum Gasteiger partial charge on any atom is -0.385 e. The second kappa shape index (κ2) is 4.30. The molecule has 0 saturated carbocycles. The fraction of sp³-hybridized carbons (Fsp3) is 0.308. The van der Waals surface area contributed by atoms with Crippen molar-refractivity contribution in [3.63, 3.8) is 0 Å². The van der Waals surface area contributed by atoms with Gasteiger partial charge in [0.05, 0.1) is 0 Å². The number of nitrogens with one attached hydrogen (secondary N) is 1. The quantitative estimate of drug-likeness (QED) is 0.602. The average Bonchev–Trinajstić information content (AvgIpc) is 2.29. The normalized spacial score (nSPS) is 13.9. The van der Waals surface area contributed by atoms with Crippen LogP contribution in [-0.4, -0.2) is 12.3 Å². The molecule has 0 atom stereocenters. The highest BCUT2D eigenvalue weighted by Crippen LogP contribution is 2.23. The highest BCUT2D eigenvalue weighted by atomic mass is 16.1. The summed E-state index contributed by atoms with van der Waals surface area (Å²) < 4.78 is 0. The summed E-state index contributed by atoms with van der Waals surface area (Å²) in [5.74, 6) is 0.151. The molecule has 1 aliphatic heterocycles. The number of carbonyl (C=O) groups is 1. The zero-order valence-corrected chi connectivity index (χ0v) is 8.75. The van der Waals surface area contributed by atoms with E-state index >= 15 is 0 Å². The third-order valence-electron chi connectivity index (χ3n) is 2.70. The number of anilines is 1. The number of allylic oxidation sites excluding steroid dienone is 1. The fourth-order valence-corrected chi connectivity index (χ4v) is 1.90. The maximum absolute atomic E-state index is 11.6. The van der Waals surface area contributed by atoms with Gasteiger partial charge in [0.15, 0.2) is 5.78 Å². The number of benzene rings is 1. The van der Waals surface area contributed by atoms with E-state index in [9.17, 15) is 4.79 Å². The van der Waals surface area contributed by atoms with Crippen molar-refractivity contribution in [1.82, 2.24) is 0 Å². The Morgan fingerprint density at radius 1 is 1.53 bits per heavy atom. The van der Waals surface area contributed by atoms with Crippen molar-refractivity contribution >= 4 is 11.5 Å². The van der Waals surface area contributed by atoms with Gasteiger partial charge in [-0.05, 0) is 36.6 Å². The van der Waals surface area contributed by atoms with Crippen LogP contribution in [-0.2, 0) is 6.42 Å². The van der Waals surface area contributed by atoms with Gasteiger partial charge in [-0.15, -0.1) is 6.58 Å². The fourth-order valence-electron chi connectivity index (χ4n) is 1.90. The van der Waals surface area contributed by atoms with Crippen molar-refractivity contribution in [2.24, 2.45) is 0 Å². The van der Waals surface area contributed by atoms with Gasteiger partial charge in [-0.25, -0.2) is 0 Å². The Kier molecular flexibility index (Phi) is 2.86. The van der Waals surface area contributed by atoms with Crippen LogP contribution in [0.5, 0.6) is 0 Å². The lowest BCUT2D eigenvalue weighted by Crippen LogP contribution is -2.12. The van der Waals surface area contributed by atoms with Crippen LogP contribution in [0.15, 0.2) is 30.9 Å². The number of ketones is 1. The molecule has 2 nitrogen and oxygen atoms in total. The molecule has 78 valence electrons. The minimum absolute atomic E-state index is 0.151. The molecule has 2 rings (SSSR count). The largest absolute Gasteiger partial charge is 0.385 e. The molecule has 0 amide bonds. The predicted octanol–water partition coefficient (Wildman–Crippen LogP) is 2.80. The summed E-state index contributed by atoms with van der Waals surface area (Å²) in [6.07, 6.45) is 4.29. The number of Topliss-reactive ketones (excluding diaryl/α,β-unsaturated/α-hetero) is 1. The van der Waals surface area contributed by atoms with Crippen molar-refractivity contribution in [3.05, 3.63) is 42.0 Å². The molecule has 1 heterocycles. The summed E-state index contributed by atoms with van der Waals surface area (Å²) in [7, 11) is 0. The Balaban J connectivity index is 2.27. The molecule has 1 aliphatic rings. The van der Waals surface area contributed by atoms with Gasteiger partial charge in [-0.3, -0.25) is 4.79 Å². The predicted molar refractivity (Wildman–Crippen MR) is 62.4 cm³/mol. The van der Waals surface area contributed by atoms with E-state index in [4.69, 9.17) is 0 Å². The Morgan fingerprint density at radius 2 is 2.40 bits per heavy atom. The Bertz CT molecular complexity index is 396. The summed E-state index contributed by atoms with van der Waals surface area (Å²) >= 11 is 0. The highest BCUT2D eigenvalue weighted by molar-refractivity contribution is 5.97. The van der Waals surface area contributed by atoms with Crippen molar-refractivity contribution in [1.29, 1.82) is 0 Å². The third-order valence-corrected chi connectivity index (χ3v) is 2.70. The van der Waals surface area contributed by atoms with E-state index in [1.54, 1.807) is 6.08 Å². The van der Waals surface area contributed by atoms with Gasteiger partial charge in [-0.2, -0.15) is 0 Å². The second-order valence-electron chi connectivity index (χ2n) is 3.82. The molecule has 1 aromatic carbocycles. The molecule has 2 heteroatoms. The van der Waals surface area contributed by atoms with E-state index in [0.717, 1.165) is 24.9 Å². The molecule has 0 bridgehead atoms. The summed E-state index contributed by atoms with van der Waals surface area (Å²) in [5, 5.41) is 3.33. The molecule has 15 heavy (non-hydrogen) atoms. The number of hydrogen-bond donors (Lipinski definition) is 1. The Hall–Kier alpha value is -1.57. The number of aryl methyl sites for hydroxylation is 1. The third kappa shape index (κ3) is 2.09. The van der Waals surface area contributed by atoms with E-state index in [0.29, 0.717) is 6.42 Å². The number of carbonyl (C=O) groups excluding carboxylic acids is 1. The molecule has 0 saturated heterocycles. The molecule has 0 aromatic heterocycles. The molecule has 0 spiro atoms. The van der Waals surface area contributed by atoms with Gasteiger partial charge in [0, 0.05) is 24.2 Å². The molecular formula is C13H15NO. The standard InChI is InChI=1S/C13H15NO/c1-2-4-13(15)11-6-7-12-10(9-11)5-3-8-14-12/h2,6-7,9,14H,1,3-5,8H2. The summed E-state index contributed by atoms with van der Waals surface area (Å²) in [6, 6.07) is 5.90. The first-order valence-corrected chi connectivity index (χ1v) is 5.32. The number of hydrogen-bond acceptors (Lipinski definition) is 2. The van der Waals surface area contributed by atoms with E-state index in [2.05, 4.69) is 11.9 Å². The second-order valence-corrected chi connectivity index (χ2v) is 3.82. The molecule has 1 aromatic rings. The van der Waals surface area contributed by atoms with Crippen LogP contribution in [0, 0.1) is 0 Å². The zero-order chi connectivity index (χ0) is 10.7. The summed E-state index contributed by atoms with van der Waals surface area (Å²) in [6.45, 7) is 4.62. The summed E-state index contributed by atoms with van der Waals surface area (Å²) in [4.78, 5) is 11.6. The van der Waals surface area contributed by atoms with Gasteiger partial charge in [0.2, 0.25) is 0 Å². The maximum atomic E-state index is 11.6. The lowest BCUT2D eigenvalue weighted by Gasteiger charge is -2.18. The van der Waals surface area contributed by atoms with Crippen LogP contribution in [0.3, 0.4) is 0 Å². The molecular weight excluding hydrogens is 186 g/mol. The van der Waals surface area contributed by atoms with Crippen molar-refractivity contribution in [2.75, 3.05) is 11.9 Å². The molecule has 0 radical (unpaired) electrons. The monoisotopic (exact) mass is 201 g/mol. The Labute approximate surface area is 90.0 Å². The highest BCUT2D eigenvalue weighted by Gasteiger charge is 2.11. The molecule has 0 aliphatic carbocycles. The van der Waals surface area contributed by atoms with E-state index < -0.39 is 0 Å². The van der Waals surface area contributed by atoms with Gasteiger partial charge in [0.25, 0.3) is 0 Å². The molecule has 0 fully saturated rings.